The van der Waals surface area contributed by atoms with E-state index in [-0.39, 0.29) is 23.2 Å². The lowest BCUT2D eigenvalue weighted by Gasteiger charge is -2.34. The molecule has 1 saturated heterocycles. The van der Waals surface area contributed by atoms with E-state index in [9.17, 15) is 17.6 Å². The van der Waals surface area contributed by atoms with Gasteiger partial charge in [0.15, 0.2) is 10.9 Å². The number of aromatic nitrogens is 1. The number of carbonyl (C=O) groups is 1. The summed E-state index contributed by atoms with van der Waals surface area (Å²) in [6.45, 7) is 4.50. The number of halogens is 3. The van der Waals surface area contributed by atoms with Crippen molar-refractivity contribution in [3.63, 3.8) is 0 Å². The molecule has 4 aromatic rings. The summed E-state index contributed by atoms with van der Waals surface area (Å²) >= 11 is 7.85. The Morgan fingerprint density at radius 3 is 2.39 bits per heavy atom. The highest BCUT2D eigenvalue weighted by molar-refractivity contribution is 7.92. The SMILES string of the molecule is COc1c(Cl)ccc2sc(N3CCN(CCNC(=O)c4ccc(NS(=O)(=O)c5ccc(F)cc5)cc4)CC3)nc12.Cl. The van der Waals surface area contributed by atoms with Gasteiger partial charge < -0.3 is 15.0 Å². The largest absolute Gasteiger partial charge is 0.493 e. The lowest BCUT2D eigenvalue weighted by molar-refractivity contribution is 0.0948. The van der Waals surface area contributed by atoms with Crippen molar-refractivity contribution >= 4 is 72.3 Å². The lowest BCUT2D eigenvalue weighted by Crippen LogP contribution is -2.48. The van der Waals surface area contributed by atoms with Gasteiger partial charge in [0.05, 0.1) is 21.7 Å². The number of nitrogens with zero attached hydrogens (tertiary/aromatic N) is 3. The van der Waals surface area contributed by atoms with Gasteiger partial charge in [-0.1, -0.05) is 22.9 Å². The van der Waals surface area contributed by atoms with Crippen molar-refractivity contribution < 1.29 is 22.3 Å². The van der Waals surface area contributed by atoms with Crippen LogP contribution in [0.3, 0.4) is 0 Å². The van der Waals surface area contributed by atoms with Crippen LogP contribution in [0.2, 0.25) is 5.02 Å². The number of hydrogen-bond donors (Lipinski definition) is 2. The Bertz CT molecular complexity index is 1610. The molecule has 9 nitrogen and oxygen atoms in total. The van der Waals surface area contributed by atoms with Gasteiger partial charge in [-0.25, -0.2) is 17.8 Å². The second-order valence-corrected chi connectivity index (χ2v) is 12.2. The number of thiazole rings is 1. The van der Waals surface area contributed by atoms with Gasteiger partial charge in [-0.2, -0.15) is 0 Å². The van der Waals surface area contributed by atoms with Gasteiger partial charge in [0.1, 0.15) is 11.3 Å². The van der Waals surface area contributed by atoms with E-state index in [1.54, 1.807) is 30.6 Å². The van der Waals surface area contributed by atoms with Crippen LogP contribution in [0, 0.1) is 5.82 Å². The average molecular weight is 641 g/mol. The third-order valence-electron chi connectivity index (χ3n) is 6.54. The van der Waals surface area contributed by atoms with Crippen LogP contribution >= 0.6 is 35.3 Å². The predicted octanol–water partition coefficient (Wildman–Crippen LogP) is 4.87. The molecule has 0 atom stereocenters. The highest BCUT2D eigenvalue weighted by atomic mass is 35.5. The Hall–Kier alpha value is -3.16. The molecule has 41 heavy (non-hydrogen) atoms. The van der Waals surface area contributed by atoms with Gasteiger partial charge in [0, 0.05) is 50.5 Å². The summed E-state index contributed by atoms with van der Waals surface area (Å²) in [5, 5.41) is 4.40. The molecular formula is C27H28Cl2FN5O4S2. The summed E-state index contributed by atoms with van der Waals surface area (Å²) in [5.74, 6) is -0.167. The molecule has 1 aromatic heterocycles. The third-order valence-corrected chi connectivity index (χ3v) is 9.32. The number of anilines is 2. The average Bonchev–Trinajstić information content (AvgIpc) is 3.38. The van der Waals surface area contributed by atoms with Crippen LogP contribution in [0.5, 0.6) is 5.75 Å². The standard InChI is InChI=1S/C27H27ClFN5O4S2.ClH/c1-38-25-22(28)10-11-23-24(25)31-27(39-23)34-16-14-33(15-17-34)13-12-30-26(35)18-2-6-20(7-3-18)32-40(36,37)21-8-4-19(29)5-9-21;/h2-11,32H,12-17H2,1H3,(H,30,35);1H. The molecule has 0 unspecified atom stereocenters. The van der Waals surface area contributed by atoms with Gasteiger partial charge >= 0.3 is 0 Å². The molecule has 1 aliphatic rings. The minimum absolute atomic E-state index is 0. The molecule has 0 saturated carbocycles. The zero-order valence-corrected chi connectivity index (χ0v) is 25.2. The van der Waals surface area contributed by atoms with E-state index in [1.807, 2.05) is 12.1 Å². The fourth-order valence-corrected chi connectivity index (χ4v) is 6.68. The van der Waals surface area contributed by atoms with Crippen LogP contribution in [-0.4, -0.2) is 70.6 Å². The number of sulfonamides is 1. The number of fused-ring (bicyclic) bond motifs is 1. The lowest BCUT2D eigenvalue weighted by atomic mass is 10.2. The molecule has 3 aromatic carbocycles. The first-order valence-electron chi connectivity index (χ1n) is 12.5. The first-order chi connectivity index (χ1) is 19.2. The maximum Gasteiger partial charge on any atom is 0.261 e. The normalized spacial score (nSPS) is 14.0. The quantitative estimate of drug-likeness (QED) is 0.269. The molecule has 1 amide bonds. The number of ether oxygens (including phenoxy) is 1. The zero-order chi connectivity index (χ0) is 28.3. The summed E-state index contributed by atoms with van der Waals surface area (Å²) < 4.78 is 46.9. The maximum atomic E-state index is 13.1. The minimum atomic E-state index is -3.86. The fourth-order valence-electron chi connectivity index (χ4n) is 4.37. The topological polar surface area (TPSA) is 104 Å². The molecule has 1 aliphatic heterocycles. The first-order valence-corrected chi connectivity index (χ1v) is 15.2. The van der Waals surface area contributed by atoms with Crippen LogP contribution in [-0.2, 0) is 10.0 Å². The summed E-state index contributed by atoms with van der Waals surface area (Å²) in [7, 11) is -2.27. The molecular weight excluding hydrogens is 612 g/mol. The van der Waals surface area contributed by atoms with Crippen molar-refractivity contribution in [1.82, 2.24) is 15.2 Å². The summed E-state index contributed by atoms with van der Waals surface area (Å²) in [5.41, 5.74) is 1.49. The summed E-state index contributed by atoms with van der Waals surface area (Å²) in [4.78, 5) is 21.8. The van der Waals surface area contributed by atoms with Crippen molar-refractivity contribution in [2.24, 2.45) is 0 Å². The molecule has 5 rings (SSSR count). The second-order valence-electron chi connectivity index (χ2n) is 9.15. The zero-order valence-electron chi connectivity index (χ0n) is 22.0. The van der Waals surface area contributed by atoms with E-state index in [2.05, 4.69) is 19.8 Å². The Balaban J connectivity index is 0.00000387. The number of benzene rings is 3. The van der Waals surface area contributed by atoms with Crippen LogP contribution in [0.4, 0.5) is 15.2 Å². The Labute approximate surface area is 252 Å². The summed E-state index contributed by atoms with van der Waals surface area (Å²) in [6, 6.07) is 14.5. The molecule has 2 N–H and O–H groups in total. The summed E-state index contributed by atoms with van der Waals surface area (Å²) in [6.07, 6.45) is 0. The third kappa shape index (κ3) is 7.19. The molecule has 2 heterocycles. The van der Waals surface area contributed by atoms with Crippen molar-refractivity contribution in [3.8, 4) is 5.75 Å². The molecule has 1 fully saturated rings. The van der Waals surface area contributed by atoms with Gasteiger partial charge in [-0.05, 0) is 60.7 Å². The molecule has 0 radical (unpaired) electrons. The number of hydrogen-bond acceptors (Lipinski definition) is 8. The maximum absolute atomic E-state index is 13.1. The van der Waals surface area contributed by atoms with Crippen molar-refractivity contribution in [1.29, 1.82) is 0 Å². The van der Waals surface area contributed by atoms with E-state index in [0.717, 1.165) is 53.7 Å². The smallest absolute Gasteiger partial charge is 0.261 e. The first kappa shape index (κ1) is 30.8. The minimum Gasteiger partial charge on any atom is -0.493 e. The van der Waals surface area contributed by atoms with Crippen LogP contribution in [0.15, 0.2) is 65.6 Å². The number of amides is 1. The fraction of sp³-hybridized carbons (Fsp3) is 0.259. The molecule has 0 aliphatic carbocycles. The van der Waals surface area contributed by atoms with Gasteiger partial charge in [-0.15, -0.1) is 12.4 Å². The van der Waals surface area contributed by atoms with E-state index < -0.39 is 15.8 Å². The Kier molecular flexibility index (Phi) is 9.92. The molecule has 0 bridgehead atoms. The number of rotatable bonds is 9. The van der Waals surface area contributed by atoms with Crippen molar-refractivity contribution in [2.75, 3.05) is 56.0 Å². The van der Waals surface area contributed by atoms with Gasteiger partial charge in [0.25, 0.3) is 15.9 Å². The number of nitrogens with one attached hydrogen (secondary N) is 2. The number of methoxy groups -OCH3 is 1. The van der Waals surface area contributed by atoms with E-state index in [4.69, 9.17) is 21.3 Å². The Morgan fingerprint density at radius 1 is 1.05 bits per heavy atom. The van der Waals surface area contributed by atoms with Crippen molar-refractivity contribution in [3.05, 3.63) is 77.1 Å². The number of piperazine rings is 1. The van der Waals surface area contributed by atoms with Crippen LogP contribution < -0.4 is 19.7 Å². The van der Waals surface area contributed by atoms with Crippen LogP contribution in [0.25, 0.3) is 10.2 Å². The number of carbonyl (C=O) groups excluding carboxylic acids is 1. The second kappa shape index (κ2) is 13.2. The van der Waals surface area contributed by atoms with Gasteiger partial charge in [-0.3, -0.25) is 14.4 Å². The predicted molar refractivity (Wildman–Crippen MR) is 163 cm³/mol. The van der Waals surface area contributed by atoms with Crippen molar-refractivity contribution in [2.45, 2.75) is 4.90 Å². The highest BCUT2D eigenvalue weighted by Crippen LogP contribution is 2.38. The molecule has 14 heteroatoms. The molecule has 0 spiro atoms. The molecule has 218 valence electrons. The van der Waals surface area contributed by atoms with E-state index in [0.29, 0.717) is 35.1 Å². The monoisotopic (exact) mass is 639 g/mol. The Morgan fingerprint density at radius 2 is 1.73 bits per heavy atom. The highest BCUT2D eigenvalue weighted by Gasteiger charge is 2.21. The van der Waals surface area contributed by atoms with E-state index >= 15 is 0 Å². The van der Waals surface area contributed by atoms with Gasteiger partial charge in [0.2, 0.25) is 0 Å². The van der Waals surface area contributed by atoms with E-state index in [1.165, 1.54) is 24.3 Å². The van der Waals surface area contributed by atoms with Crippen LogP contribution in [0.1, 0.15) is 10.4 Å².